The summed E-state index contributed by atoms with van der Waals surface area (Å²) < 4.78 is 5.43. The smallest absolute Gasteiger partial charge is 0.227 e. The van der Waals surface area contributed by atoms with Crippen molar-refractivity contribution in [1.82, 2.24) is 10.2 Å². The van der Waals surface area contributed by atoms with Gasteiger partial charge in [0.1, 0.15) is 0 Å². The average molecular weight is 212 g/mol. The number of nitrogens with zero attached hydrogens (tertiary/aromatic N) is 1. The Morgan fingerprint density at radius 3 is 2.53 bits per heavy atom. The van der Waals surface area contributed by atoms with E-state index in [1.807, 2.05) is 4.90 Å². The fraction of sp³-hybridized carbons (Fsp3) is 0.909. The van der Waals surface area contributed by atoms with E-state index in [4.69, 9.17) is 4.74 Å². The Morgan fingerprint density at radius 1 is 1.33 bits per heavy atom. The predicted octanol–water partition coefficient (Wildman–Crippen LogP) is 0.232. The van der Waals surface area contributed by atoms with Crippen molar-refractivity contribution in [3.8, 4) is 0 Å². The Labute approximate surface area is 91.0 Å². The van der Waals surface area contributed by atoms with E-state index >= 15 is 0 Å². The van der Waals surface area contributed by atoms with Gasteiger partial charge in [0, 0.05) is 6.54 Å². The first kappa shape index (κ1) is 10.9. The number of carbonyl (C=O) groups is 1. The number of carbonyl (C=O) groups excluding carboxylic acids is 1. The van der Waals surface area contributed by atoms with Gasteiger partial charge in [0.2, 0.25) is 5.91 Å². The molecule has 0 bridgehead atoms. The lowest BCUT2D eigenvalue weighted by atomic mass is 10.0. The lowest BCUT2D eigenvalue weighted by Gasteiger charge is -2.40. The van der Waals surface area contributed by atoms with Crippen molar-refractivity contribution < 1.29 is 9.53 Å². The van der Waals surface area contributed by atoms with E-state index in [9.17, 15) is 4.79 Å². The number of hydrogen-bond donors (Lipinski definition) is 1. The number of hydrogen-bond acceptors (Lipinski definition) is 3. The number of nitrogens with one attached hydrogen (secondary N) is 1. The standard InChI is InChI=1S/C11H20N2O2/c1-8-6-15-7-9(2)13(8)11(14)10-3-4-12-5-10/h8-10,12H,3-7H2,1-2H3/t8?,9?,10-/m1/s1. The summed E-state index contributed by atoms with van der Waals surface area (Å²) in [6, 6.07) is 0.448. The average Bonchev–Trinajstić information content (AvgIpc) is 2.69. The number of morpholine rings is 1. The molecule has 0 aromatic heterocycles. The molecule has 3 atom stereocenters. The predicted molar refractivity (Wildman–Crippen MR) is 57.6 cm³/mol. The molecule has 0 aliphatic carbocycles. The van der Waals surface area contributed by atoms with Crippen molar-refractivity contribution in [2.24, 2.45) is 5.92 Å². The molecule has 4 nitrogen and oxygen atoms in total. The molecule has 1 amide bonds. The maximum absolute atomic E-state index is 12.3. The van der Waals surface area contributed by atoms with Crippen LogP contribution in [0.4, 0.5) is 0 Å². The van der Waals surface area contributed by atoms with E-state index < -0.39 is 0 Å². The summed E-state index contributed by atoms with van der Waals surface area (Å²) in [7, 11) is 0. The van der Waals surface area contributed by atoms with Crippen molar-refractivity contribution in [2.75, 3.05) is 26.3 Å². The summed E-state index contributed by atoms with van der Waals surface area (Å²) in [5.74, 6) is 0.497. The van der Waals surface area contributed by atoms with Crippen LogP contribution in [0.5, 0.6) is 0 Å². The second-order valence-electron chi connectivity index (χ2n) is 4.67. The normalized spacial score (nSPS) is 36.9. The van der Waals surface area contributed by atoms with Gasteiger partial charge in [0.05, 0.1) is 31.2 Å². The van der Waals surface area contributed by atoms with E-state index in [1.54, 1.807) is 0 Å². The Kier molecular flexibility index (Phi) is 3.26. The molecule has 2 heterocycles. The minimum atomic E-state index is 0.188. The molecule has 15 heavy (non-hydrogen) atoms. The highest BCUT2D eigenvalue weighted by molar-refractivity contribution is 5.80. The molecule has 0 aromatic rings. The number of amides is 1. The molecule has 2 fully saturated rings. The molecular formula is C11H20N2O2. The summed E-state index contributed by atoms with van der Waals surface area (Å²) in [6.45, 7) is 7.30. The zero-order valence-electron chi connectivity index (χ0n) is 9.53. The fourth-order valence-corrected chi connectivity index (χ4v) is 2.51. The van der Waals surface area contributed by atoms with E-state index in [1.165, 1.54) is 0 Å². The van der Waals surface area contributed by atoms with Crippen LogP contribution in [0.25, 0.3) is 0 Å². The third-order valence-electron chi connectivity index (χ3n) is 3.33. The van der Waals surface area contributed by atoms with Gasteiger partial charge in [-0.25, -0.2) is 0 Å². The molecule has 86 valence electrons. The van der Waals surface area contributed by atoms with Crippen LogP contribution in [0, 0.1) is 5.92 Å². The second kappa shape index (κ2) is 4.49. The van der Waals surface area contributed by atoms with Crippen LogP contribution in [0.3, 0.4) is 0 Å². The third-order valence-corrected chi connectivity index (χ3v) is 3.33. The highest BCUT2D eigenvalue weighted by Gasteiger charge is 2.34. The summed E-state index contributed by atoms with van der Waals surface area (Å²) >= 11 is 0. The Hall–Kier alpha value is -0.610. The highest BCUT2D eigenvalue weighted by Crippen LogP contribution is 2.19. The quantitative estimate of drug-likeness (QED) is 0.676. The monoisotopic (exact) mass is 212 g/mol. The molecule has 0 radical (unpaired) electrons. The molecule has 0 aromatic carbocycles. The zero-order chi connectivity index (χ0) is 10.8. The van der Waals surface area contributed by atoms with Crippen LogP contribution < -0.4 is 5.32 Å². The Morgan fingerprint density at radius 2 is 2.00 bits per heavy atom. The highest BCUT2D eigenvalue weighted by atomic mass is 16.5. The zero-order valence-corrected chi connectivity index (χ0v) is 9.53. The number of rotatable bonds is 1. The largest absolute Gasteiger partial charge is 0.377 e. The summed E-state index contributed by atoms with van der Waals surface area (Å²) in [4.78, 5) is 14.3. The first-order valence-corrected chi connectivity index (χ1v) is 5.80. The maximum Gasteiger partial charge on any atom is 0.227 e. The lowest BCUT2D eigenvalue weighted by molar-refractivity contribution is -0.147. The third kappa shape index (κ3) is 2.16. The van der Waals surface area contributed by atoms with Gasteiger partial charge < -0.3 is 15.0 Å². The van der Waals surface area contributed by atoms with Crippen molar-refractivity contribution in [3.05, 3.63) is 0 Å². The van der Waals surface area contributed by atoms with Crippen LogP contribution in [0.15, 0.2) is 0 Å². The van der Waals surface area contributed by atoms with Crippen LogP contribution in [-0.4, -0.2) is 49.2 Å². The van der Waals surface area contributed by atoms with Gasteiger partial charge in [-0.1, -0.05) is 0 Å². The minimum Gasteiger partial charge on any atom is -0.377 e. The van der Waals surface area contributed by atoms with Gasteiger partial charge in [-0.3, -0.25) is 4.79 Å². The molecule has 2 saturated heterocycles. The van der Waals surface area contributed by atoms with Crippen molar-refractivity contribution in [1.29, 1.82) is 0 Å². The van der Waals surface area contributed by atoms with E-state index in [0.717, 1.165) is 19.5 Å². The van der Waals surface area contributed by atoms with Gasteiger partial charge in [0.25, 0.3) is 0 Å². The summed E-state index contributed by atoms with van der Waals surface area (Å²) in [5.41, 5.74) is 0. The first-order chi connectivity index (χ1) is 7.20. The Balaban J connectivity index is 2.02. The van der Waals surface area contributed by atoms with Gasteiger partial charge >= 0.3 is 0 Å². The first-order valence-electron chi connectivity index (χ1n) is 5.80. The van der Waals surface area contributed by atoms with Crippen molar-refractivity contribution in [2.45, 2.75) is 32.4 Å². The molecular weight excluding hydrogens is 192 g/mol. The summed E-state index contributed by atoms with van der Waals surface area (Å²) in [5, 5.41) is 3.24. The van der Waals surface area contributed by atoms with Crippen molar-refractivity contribution >= 4 is 5.91 Å². The number of ether oxygens (including phenoxy) is 1. The molecule has 0 saturated carbocycles. The molecule has 2 unspecified atom stereocenters. The lowest BCUT2D eigenvalue weighted by Crippen LogP contribution is -2.54. The van der Waals surface area contributed by atoms with Crippen LogP contribution in [0.2, 0.25) is 0 Å². The van der Waals surface area contributed by atoms with Gasteiger partial charge in [-0.2, -0.15) is 0 Å². The summed E-state index contributed by atoms with van der Waals surface area (Å²) in [6.07, 6.45) is 0.982. The molecule has 4 heteroatoms. The molecule has 0 spiro atoms. The van der Waals surface area contributed by atoms with Gasteiger partial charge in [0.15, 0.2) is 0 Å². The second-order valence-corrected chi connectivity index (χ2v) is 4.67. The van der Waals surface area contributed by atoms with E-state index in [0.29, 0.717) is 19.1 Å². The molecule has 2 aliphatic rings. The molecule has 2 aliphatic heterocycles. The minimum absolute atomic E-state index is 0.188. The van der Waals surface area contributed by atoms with Crippen LogP contribution >= 0.6 is 0 Å². The van der Waals surface area contributed by atoms with Crippen LogP contribution in [0.1, 0.15) is 20.3 Å². The van der Waals surface area contributed by atoms with Crippen molar-refractivity contribution in [3.63, 3.8) is 0 Å². The maximum atomic E-state index is 12.3. The Bertz CT molecular complexity index is 229. The van der Waals surface area contributed by atoms with E-state index in [-0.39, 0.29) is 18.0 Å². The molecule has 2 rings (SSSR count). The molecule has 1 N–H and O–H groups in total. The fourth-order valence-electron chi connectivity index (χ4n) is 2.51. The van der Waals surface area contributed by atoms with E-state index in [2.05, 4.69) is 19.2 Å². The SMILES string of the molecule is CC1COCC(C)N1C(=O)[C@@H]1CCNC1. The van der Waals surface area contributed by atoms with Gasteiger partial charge in [-0.15, -0.1) is 0 Å². The van der Waals surface area contributed by atoms with Crippen LogP contribution in [-0.2, 0) is 9.53 Å². The van der Waals surface area contributed by atoms with Gasteiger partial charge in [-0.05, 0) is 26.8 Å². The topological polar surface area (TPSA) is 41.6 Å².